The van der Waals surface area contributed by atoms with Gasteiger partial charge < -0.3 is 5.32 Å². The molecule has 0 spiro atoms. The highest BCUT2D eigenvalue weighted by Crippen LogP contribution is 2.05. The van der Waals surface area contributed by atoms with Crippen LogP contribution in [0.25, 0.3) is 0 Å². The van der Waals surface area contributed by atoms with Crippen molar-refractivity contribution in [3.8, 4) is 0 Å². The van der Waals surface area contributed by atoms with Crippen molar-refractivity contribution in [2.75, 3.05) is 0 Å². The molecule has 0 atom stereocenters. The maximum Gasteiger partial charge on any atom is 0.327 e. The normalized spacial score (nSPS) is 10.1. The Hall–Kier alpha value is -2.17. The molecular formula is C11H10FN3O. The van der Waals surface area contributed by atoms with Gasteiger partial charge >= 0.3 is 6.03 Å². The number of nitrogens with zero attached hydrogens (tertiary/aromatic N) is 2. The molecule has 0 unspecified atom stereocenters. The van der Waals surface area contributed by atoms with E-state index in [9.17, 15) is 9.18 Å². The molecule has 0 bridgehead atoms. The molecule has 1 amide bonds. The lowest BCUT2D eigenvalue weighted by molar-refractivity contribution is 0.242. The summed E-state index contributed by atoms with van der Waals surface area (Å²) in [5.74, 6) is -0.326. The van der Waals surface area contributed by atoms with Gasteiger partial charge in [0.05, 0.1) is 0 Å². The number of rotatable bonds is 2. The largest absolute Gasteiger partial charge is 0.333 e. The highest BCUT2D eigenvalue weighted by molar-refractivity contribution is 5.76. The molecule has 2 rings (SSSR count). The Morgan fingerprint density at radius 3 is 2.94 bits per heavy atom. The minimum absolute atomic E-state index is 0.156. The number of carbonyl (C=O) groups is 1. The predicted octanol–water partition coefficient (Wildman–Crippen LogP) is 1.78. The number of halogens is 1. The lowest BCUT2D eigenvalue weighted by Crippen LogP contribution is -2.27. The summed E-state index contributed by atoms with van der Waals surface area (Å²) in [4.78, 5) is 15.2. The van der Waals surface area contributed by atoms with Gasteiger partial charge in [0.2, 0.25) is 0 Å². The molecule has 16 heavy (non-hydrogen) atoms. The molecule has 1 aromatic carbocycles. The van der Waals surface area contributed by atoms with E-state index in [1.54, 1.807) is 18.2 Å². The quantitative estimate of drug-likeness (QED) is 0.836. The van der Waals surface area contributed by atoms with Crippen LogP contribution in [-0.2, 0) is 6.54 Å². The van der Waals surface area contributed by atoms with Gasteiger partial charge in [0, 0.05) is 24.5 Å². The first-order chi connectivity index (χ1) is 7.77. The van der Waals surface area contributed by atoms with Crippen LogP contribution in [0.1, 0.15) is 5.56 Å². The molecule has 0 aliphatic heterocycles. The van der Waals surface area contributed by atoms with Crippen LogP contribution in [0.3, 0.4) is 0 Å². The summed E-state index contributed by atoms with van der Waals surface area (Å²) in [5, 5.41) is 2.59. The van der Waals surface area contributed by atoms with E-state index >= 15 is 0 Å². The van der Waals surface area contributed by atoms with Crippen LogP contribution in [0.4, 0.5) is 9.18 Å². The predicted molar refractivity (Wildman–Crippen MR) is 56.3 cm³/mol. The fourth-order valence-corrected chi connectivity index (χ4v) is 1.28. The topological polar surface area (TPSA) is 46.9 Å². The molecule has 2 aromatic rings. The Balaban J connectivity index is 1.98. The molecule has 0 aliphatic rings. The van der Waals surface area contributed by atoms with Gasteiger partial charge in [-0.1, -0.05) is 18.2 Å². The van der Waals surface area contributed by atoms with E-state index in [1.165, 1.54) is 29.4 Å². The van der Waals surface area contributed by atoms with Crippen molar-refractivity contribution in [1.29, 1.82) is 0 Å². The van der Waals surface area contributed by atoms with Gasteiger partial charge in [-0.05, 0) is 6.07 Å². The zero-order valence-corrected chi connectivity index (χ0v) is 8.43. The number of amides is 1. The molecule has 1 aromatic heterocycles. The number of carbonyl (C=O) groups excluding carboxylic acids is 1. The molecule has 0 aliphatic carbocycles. The lowest BCUT2D eigenvalue weighted by Gasteiger charge is -2.05. The molecule has 0 saturated heterocycles. The molecule has 0 radical (unpaired) electrons. The van der Waals surface area contributed by atoms with Gasteiger partial charge in [-0.2, -0.15) is 0 Å². The van der Waals surface area contributed by atoms with Crippen LogP contribution in [0, 0.1) is 5.82 Å². The summed E-state index contributed by atoms with van der Waals surface area (Å²) in [7, 11) is 0. The Kier molecular flexibility index (Phi) is 2.95. The highest BCUT2D eigenvalue weighted by Gasteiger charge is 2.05. The molecule has 0 fully saturated rings. The van der Waals surface area contributed by atoms with Crippen molar-refractivity contribution < 1.29 is 9.18 Å². The summed E-state index contributed by atoms with van der Waals surface area (Å²) in [6.07, 6.45) is 4.41. The van der Waals surface area contributed by atoms with E-state index in [0.717, 1.165) is 0 Å². The average Bonchev–Trinajstić information content (AvgIpc) is 2.81. The van der Waals surface area contributed by atoms with Gasteiger partial charge in [-0.3, -0.25) is 4.57 Å². The van der Waals surface area contributed by atoms with E-state index in [-0.39, 0.29) is 18.4 Å². The lowest BCUT2D eigenvalue weighted by atomic mass is 10.2. The maximum absolute atomic E-state index is 13.2. The second-order valence-electron chi connectivity index (χ2n) is 3.22. The van der Waals surface area contributed by atoms with E-state index in [4.69, 9.17) is 0 Å². The van der Waals surface area contributed by atoms with Crippen LogP contribution in [0.15, 0.2) is 43.0 Å². The van der Waals surface area contributed by atoms with Crippen molar-refractivity contribution >= 4 is 6.03 Å². The van der Waals surface area contributed by atoms with Crippen molar-refractivity contribution in [1.82, 2.24) is 14.9 Å². The van der Waals surface area contributed by atoms with E-state index in [0.29, 0.717) is 5.56 Å². The van der Waals surface area contributed by atoms with Crippen molar-refractivity contribution in [3.63, 3.8) is 0 Å². The number of hydrogen-bond donors (Lipinski definition) is 1. The third-order valence-corrected chi connectivity index (χ3v) is 2.13. The van der Waals surface area contributed by atoms with Gasteiger partial charge in [-0.15, -0.1) is 0 Å². The second kappa shape index (κ2) is 4.57. The minimum atomic E-state index is -0.333. The number of hydrogen-bond acceptors (Lipinski definition) is 2. The SMILES string of the molecule is O=C(NCc1ccccc1F)n1ccnc1. The smallest absolute Gasteiger partial charge is 0.327 e. The molecule has 4 nitrogen and oxygen atoms in total. The molecule has 0 saturated carbocycles. The summed E-state index contributed by atoms with van der Waals surface area (Å²) >= 11 is 0. The molecule has 5 heteroatoms. The Morgan fingerprint density at radius 1 is 1.44 bits per heavy atom. The van der Waals surface area contributed by atoms with E-state index in [2.05, 4.69) is 10.3 Å². The van der Waals surface area contributed by atoms with E-state index < -0.39 is 0 Å². The van der Waals surface area contributed by atoms with Crippen molar-refractivity contribution in [2.45, 2.75) is 6.54 Å². The monoisotopic (exact) mass is 219 g/mol. The number of nitrogens with one attached hydrogen (secondary N) is 1. The zero-order chi connectivity index (χ0) is 11.4. The summed E-state index contributed by atoms with van der Waals surface area (Å²) in [6, 6.07) is 5.99. The minimum Gasteiger partial charge on any atom is -0.333 e. The Morgan fingerprint density at radius 2 is 2.25 bits per heavy atom. The first kappa shape index (κ1) is 10.4. The van der Waals surface area contributed by atoms with Gasteiger partial charge in [0.1, 0.15) is 12.1 Å². The van der Waals surface area contributed by atoms with Gasteiger partial charge in [0.25, 0.3) is 0 Å². The number of aromatic nitrogens is 2. The average molecular weight is 219 g/mol. The summed E-state index contributed by atoms with van der Waals surface area (Å²) < 4.78 is 14.5. The van der Waals surface area contributed by atoms with Gasteiger partial charge in [-0.25, -0.2) is 14.2 Å². The maximum atomic E-state index is 13.2. The molecule has 1 heterocycles. The summed E-state index contributed by atoms with van der Waals surface area (Å²) in [6.45, 7) is 0.156. The number of imidazole rings is 1. The third-order valence-electron chi connectivity index (χ3n) is 2.13. The van der Waals surface area contributed by atoms with Crippen LogP contribution in [-0.4, -0.2) is 15.6 Å². The van der Waals surface area contributed by atoms with Crippen LogP contribution < -0.4 is 5.32 Å². The van der Waals surface area contributed by atoms with Crippen LogP contribution in [0.2, 0.25) is 0 Å². The van der Waals surface area contributed by atoms with Crippen molar-refractivity contribution in [2.24, 2.45) is 0 Å². The molecular weight excluding hydrogens is 209 g/mol. The first-order valence-corrected chi connectivity index (χ1v) is 4.77. The second-order valence-corrected chi connectivity index (χ2v) is 3.22. The van der Waals surface area contributed by atoms with Crippen LogP contribution in [0.5, 0.6) is 0 Å². The summed E-state index contributed by atoms with van der Waals surface area (Å²) in [5.41, 5.74) is 0.455. The van der Waals surface area contributed by atoms with Crippen LogP contribution >= 0.6 is 0 Å². The fourth-order valence-electron chi connectivity index (χ4n) is 1.28. The zero-order valence-electron chi connectivity index (χ0n) is 8.43. The Bertz CT molecular complexity index is 482. The van der Waals surface area contributed by atoms with Gasteiger partial charge in [0.15, 0.2) is 0 Å². The third kappa shape index (κ3) is 2.25. The highest BCUT2D eigenvalue weighted by atomic mass is 19.1. The molecule has 1 N–H and O–H groups in total. The fraction of sp³-hybridized carbons (Fsp3) is 0.0909. The Labute approximate surface area is 91.7 Å². The van der Waals surface area contributed by atoms with Crippen molar-refractivity contribution in [3.05, 3.63) is 54.4 Å². The van der Waals surface area contributed by atoms with E-state index in [1.807, 2.05) is 0 Å². The number of benzene rings is 1. The standard InChI is InChI=1S/C11H10FN3O/c12-10-4-2-1-3-9(10)7-14-11(16)15-6-5-13-8-15/h1-6,8H,7H2,(H,14,16). The molecule has 82 valence electrons. The first-order valence-electron chi connectivity index (χ1n) is 4.77.